The number of nitrogens with one attached hydrogen (secondary N) is 2. The molecule has 0 unspecified atom stereocenters. The van der Waals surface area contributed by atoms with E-state index < -0.39 is 0 Å². The Kier molecular flexibility index (Phi) is 5.21. The molecule has 6 heteroatoms. The second kappa shape index (κ2) is 6.44. The highest BCUT2D eigenvalue weighted by Crippen LogP contribution is 2.18. The monoisotopic (exact) mass is 242 g/mol. The molecule has 0 aliphatic carbocycles. The Labute approximate surface area is 99.9 Å². The predicted molar refractivity (Wildman–Crippen MR) is 66.7 cm³/mol. The number of aromatic nitrogens is 1. The quantitative estimate of drug-likeness (QED) is 0.773. The molecule has 0 aromatic carbocycles. The first-order chi connectivity index (χ1) is 7.65. The van der Waals surface area contributed by atoms with Crippen molar-refractivity contribution in [3.05, 3.63) is 11.1 Å². The van der Waals surface area contributed by atoms with Gasteiger partial charge in [-0.05, 0) is 14.0 Å². The molecule has 16 heavy (non-hydrogen) atoms. The molecule has 1 heterocycles. The predicted octanol–water partition coefficient (Wildman–Crippen LogP) is 0.753. The molecular formula is C10H18N4OS. The Morgan fingerprint density at radius 3 is 3.00 bits per heavy atom. The molecule has 2 N–H and O–H groups in total. The first-order valence-electron chi connectivity index (χ1n) is 5.23. The van der Waals surface area contributed by atoms with Crippen LogP contribution in [0.1, 0.15) is 11.8 Å². The minimum Gasteiger partial charge on any atom is -0.362 e. The van der Waals surface area contributed by atoms with Gasteiger partial charge in [-0.1, -0.05) is 0 Å². The SMILES string of the molecule is CCNc1ncc(CN(C)CC(=O)NC)s1. The Morgan fingerprint density at radius 2 is 2.38 bits per heavy atom. The first kappa shape index (κ1) is 12.9. The highest BCUT2D eigenvalue weighted by Gasteiger charge is 2.07. The maximum atomic E-state index is 11.1. The van der Waals surface area contributed by atoms with Crippen LogP contribution in [0.15, 0.2) is 6.20 Å². The zero-order chi connectivity index (χ0) is 12.0. The topological polar surface area (TPSA) is 57.3 Å². The average Bonchev–Trinajstić information content (AvgIpc) is 2.65. The number of nitrogens with zero attached hydrogens (tertiary/aromatic N) is 2. The second-order valence-corrected chi connectivity index (χ2v) is 4.62. The van der Waals surface area contributed by atoms with E-state index in [4.69, 9.17) is 0 Å². The first-order valence-corrected chi connectivity index (χ1v) is 6.05. The third-order valence-electron chi connectivity index (χ3n) is 2.00. The fourth-order valence-electron chi connectivity index (χ4n) is 1.26. The van der Waals surface area contributed by atoms with E-state index in [1.807, 2.05) is 25.1 Å². The maximum Gasteiger partial charge on any atom is 0.233 e. The zero-order valence-corrected chi connectivity index (χ0v) is 10.7. The fraction of sp³-hybridized carbons (Fsp3) is 0.600. The smallest absolute Gasteiger partial charge is 0.233 e. The number of thiazole rings is 1. The molecule has 0 aliphatic rings. The number of anilines is 1. The van der Waals surface area contributed by atoms with Crippen LogP contribution >= 0.6 is 11.3 Å². The summed E-state index contributed by atoms with van der Waals surface area (Å²) in [5, 5.41) is 6.70. The summed E-state index contributed by atoms with van der Waals surface area (Å²) >= 11 is 1.62. The molecule has 1 rings (SSSR count). The van der Waals surface area contributed by atoms with E-state index in [2.05, 4.69) is 15.6 Å². The van der Waals surface area contributed by atoms with Gasteiger partial charge in [0.05, 0.1) is 6.54 Å². The van der Waals surface area contributed by atoms with Gasteiger partial charge in [0.1, 0.15) is 0 Å². The van der Waals surface area contributed by atoms with Crippen LogP contribution in [0, 0.1) is 0 Å². The van der Waals surface area contributed by atoms with E-state index >= 15 is 0 Å². The van der Waals surface area contributed by atoms with Crippen LogP contribution < -0.4 is 10.6 Å². The maximum absolute atomic E-state index is 11.1. The van der Waals surface area contributed by atoms with Crippen molar-refractivity contribution in [2.24, 2.45) is 0 Å². The second-order valence-electron chi connectivity index (χ2n) is 3.51. The van der Waals surface area contributed by atoms with Crippen LogP contribution in [0.4, 0.5) is 5.13 Å². The highest BCUT2D eigenvalue weighted by atomic mass is 32.1. The molecule has 5 nitrogen and oxygen atoms in total. The van der Waals surface area contributed by atoms with Gasteiger partial charge in [0.25, 0.3) is 0 Å². The molecule has 0 bridgehead atoms. The van der Waals surface area contributed by atoms with E-state index in [-0.39, 0.29) is 5.91 Å². The van der Waals surface area contributed by atoms with Crippen molar-refractivity contribution in [1.29, 1.82) is 0 Å². The van der Waals surface area contributed by atoms with Crippen LogP contribution in [-0.2, 0) is 11.3 Å². The summed E-state index contributed by atoms with van der Waals surface area (Å²) in [6.07, 6.45) is 1.85. The van der Waals surface area contributed by atoms with Crippen molar-refractivity contribution >= 4 is 22.4 Å². The van der Waals surface area contributed by atoms with Gasteiger partial charge in [-0.15, -0.1) is 11.3 Å². The lowest BCUT2D eigenvalue weighted by Crippen LogP contribution is -2.32. The van der Waals surface area contributed by atoms with E-state index in [1.54, 1.807) is 18.4 Å². The third kappa shape index (κ3) is 4.16. The molecule has 0 aliphatic heterocycles. The summed E-state index contributed by atoms with van der Waals surface area (Å²) in [6.45, 7) is 4.07. The van der Waals surface area contributed by atoms with Gasteiger partial charge >= 0.3 is 0 Å². The number of hydrogen-bond acceptors (Lipinski definition) is 5. The van der Waals surface area contributed by atoms with Crippen molar-refractivity contribution < 1.29 is 4.79 Å². The Morgan fingerprint density at radius 1 is 1.62 bits per heavy atom. The number of hydrogen-bond donors (Lipinski definition) is 2. The van der Waals surface area contributed by atoms with Gasteiger partial charge in [0, 0.05) is 31.2 Å². The van der Waals surface area contributed by atoms with E-state index in [0.717, 1.165) is 23.1 Å². The summed E-state index contributed by atoms with van der Waals surface area (Å²) < 4.78 is 0. The van der Waals surface area contributed by atoms with Crippen molar-refractivity contribution in [2.75, 3.05) is 32.5 Å². The lowest BCUT2D eigenvalue weighted by atomic mass is 10.4. The molecule has 0 saturated heterocycles. The zero-order valence-electron chi connectivity index (χ0n) is 9.91. The Bertz CT molecular complexity index is 339. The highest BCUT2D eigenvalue weighted by molar-refractivity contribution is 7.15. The summed E-state index contributed by atoms with van der Waals surface area (Å²) in [5.41, 5.74) is 0. The van der Waals surface area contributed by atoms with Gasteiger partial charge in [-0.3, -0.25) is 9.69 Å². The minimum absolute atomic E-state index is 0.0268. The van der Waals surface area contributed by atoms with Gasteiger partial charge in [0.15, 0.2) is 5.13 Å². The Balaban J connectivity index is 2.43. The van der Waals surface area contributed by atoms with Gasteiger partial charge < -0.3 is 10.6 Å². The van der Waals surface area contributed by atoms with Crippen LogP contribution in [0.3, 0.4) is 0 Å². The van der Waals surface area contributed by atoms with Gasteiger partial charge in [-0.2, -0.15) is 0 Å². The van der Waals surface area contributed by atoms with Gasteiger partial charge in [0.2, 0.25) is 5.91 Å². The van der Waals surface area contributed by atoms with Crippen LogP contribution in [0.5, 0.6) is 0 Å². The van der Waals surface area contributed by atoms with Crippen LogP contribution in [-0.4, -0.2) is 43.0 Å². The summed E-state index contributed by atoms with van der Waals surface area (Å²) in [6, 6.07) is 0. The van der Waals surface area contributed by atoms with Crippen LogP contribution in [0.25, 0.3) is 0 Å². The molecule has 1 aromatic heterocycles. The Hall–Kier alpha value is -1.14. The molecular weight excluding hydrogens is 224 g/mol. The van der Waals surface area contributed by atoms with E-state index in [1.165, 1.54) is 0 Å². The van der Waals surface area contributed by atoms with Crippen LogP contribution in [0.2, 0.25) is 0 Å². The summed E-state index contributed by atoms with van der Waals surface area (Å²) in [5.74, 6) is 0.0268. The third-order valence-corrected chi connectivity index (χ3v) is 2.94. The molecule has 90 valence electrons. The standard InChI is InChI=1S/C10H18N4OS/c1-4-12-10-13-5-8(16-10)6-14(3)7-9(15)11-2/h5H,4,6-7H2,1-3H3,(H,11,15)(H,12,13). The molecule has 1 amide bonds. The number of likely N-dealkylation sites (N-methyl/N-ethyl adjacent to an activating group) is 2. The van der Waals surface area contributed by atoms with Crippen molar-refractivity contribution in [2.45, 2.75) is 13.5 Å². The minimum atomic E-state index is 0.0268. The molecule has 0 radical (unpaired) electrons. The van der Waals surface area contributed by atoms with Crippen molar-refractivity contribution in [3.63, 3.8) is 0 Å². The number of carbonyl (C=O) groups is 1. The molecule has 1 aromatic rings. The summed E-state index contributed by atoms with van der Waals surface area (Å²) in [7, 11) is 3.56. The largest absolute Gasteiger partial charge is 0.362 e. The molecule has 0 atom stereocenters. The van der Waals surface area contributed by atoms with E-state index in [0.29, 0.717) is 6.54 Å². The van der Waals surface area contributed by atoms with E-state index in [9.17, 15) is 4.79 Å². The number of rotatable bonds is 6. The molecule has 0 fully saturated rings. The number of carbonyl (C=O) groups excluding carboxylic acids is 1. The summed E-state index contributed by atoms with van der Waals surface area (Å²) in [4.78, 5) is 18.5. The average molecular weight is 242 g/mol. The van der Waals surface area contributed by atoms with Crippen molar-refractivity contribution in [3.8, 4) is 0 Å². The molecule has 0 saturated carbocycles. The van der Waals surface area contributed by atoms with Gasteiger partial charge in [-0.25, -0.2) is 4.98 Å². The number of amides is 1. The molecule has 0 spiro atoms. The lowest BCUT2D eigenvalue weighted by Gasteiger charge is -2.13. The fourth-order valence-corrected chi connectivity index (χ4v) is 2.22. The lowest BCUT2D eigenvalue weighted by molar-refractivity contribution is -0.121. The normalized spacial score (nSPS) is 10.5. The van der Waals surface area contributed by atoms with Crippen molar-refractivity contribution in [1.82, 2.24) is 15.2 Å².